The number of aryl methyl sites for hydroxylation is 1. The summed E-state index contributed by atoms with van der Waals surface area (Å²) >= 11 is 1.32. The molecule has 0 saturated heterocycles. The highest BCUT2D eigenvalue weighted by molar-refractivity contribution is 7.09. The van der Waals surface area contributed by atoms with Crippen molar-refractivity contribution in [3.8, 4) is 0 Å². The van der Waals surface area contributed by atoms with Crippen molar-refractivity contribution in [3.05, 3.63) is 63.4 Å². The van der Waals surface area contributed by atoms with Crippen molar-refractivity contribution in [1.29, 1.82) is 0 Å². The van der Waals surface area contributed by atoms with Crippen molar-refractivity contribution in [2.24, 2.45) is 0 Å². The standard InChI is InChI=1S/C15H12FN3O3S/c1-9-17-13(19-22-9)7-21-15(20)12-8-23-14(18-12)6-10-3-2-4-11(16)5-10/h2-5,8H,6-7H2,1H3. The molecule has 1 aromatic carbocycles. The molecular weight excluding hydrogens is 321 g/mol. The molecule has 0 radical (unpaired) electrons. The summed E-state index contributed by atoms with van der Waals surface area (Å²) in [5.41, 5.74) is 1.00. The van der Waals surface area contributed by atoms with E-state index in [0.29, 0.717) is 23.1 Å². The SMILES string of the molecule is Cc1nc(COC(=O)c2csc(Cc3cccc(F)c3)n2)no1. The van der Waals surface area contributed by atoms with Crippen molar-refractivity contribution in [3.63, 3.8) is 0 Å². The average Bonchev–Trinajstić information content (AvgIpc) is 3.14. The van der Waals surface area contributed by atoms with Gasteiger partial charge in [-0.3, -0.25) is 0 Å². The first-order chi connectivity index (χ1) is 11.1. The van der Waals surface area contributed by atoms with Crippen LogP contribution >= 0.6 is 11.3 Å². The Labute approximate surface area is 134 Å². The fraction of sp³-hybridized carbons (Fsp3) is 0.200. The topological polar surface area (TPSA) is 78.1 Å². The van der Waals surface area contributed by atoms with E-state index in [1.165, 1.54) is 23.5 Å². The number of hydrogen-bond donors (Lipinski definition) is 0. The fourth-order valence-corrected chi connectivity index (χ4v) is 2.71. The van der Waals surface area contributed by atoms with Crippen LogP contribution < -0.4 is 0 Å². The lowest BCUT2D eigenvalue weighted by Crippen LogP contribution is -2.06. The largest absolute Gasteiger partial charge is 0.453 e. The molecule has 0 atom stereocenters. The van der Waals surface area contributed by atoms with Gasteiger partial charge in [0.2, 0.25) is 11.7 Å². The van der Waals surface area contributed by atoms with Crippen molar-refractivity contribution >= 4 is 17.3 Å². The lowest BCUT2D eigenvalue weighted by molar-refractivity contribution is 0.0453. The Bertz CT molecular complexity index is 831. The molecule has 0 aliphatic rings. The Balaban J connectivity index is 1.60. The van der Waals surface area contributed by atoms with Gasteiger partial charge >= 0.3 is 5.97 Å². The zero-order chi connectivity index (χ0) is 16.2. The highest BCUT2D eigenvalue weighted by atomic mass is 32.1. The molecule has 23 heavy (non-hydrogen) atoms. The minimum atomic E-state index is -0.561. The third-order valence-corrected chi connectivity index (χ3v) is 3.76. The number of ether oxygens (including phenoxy) is 1. The molecule has 0 unspecified atom stereocenters. The number of hydrogen-bond acceptors (Lipinski definition) is 7. The van der Waals surface area contributed by atoms with E-state index >= 15 is 0 Å². The number of carbonyl (C=O) groups is 1. The second kappa shape index (κ2) is 6.66. The van der Waals surface area contributed by atoms with Crippen molar-refractivity contribution in [1.82, 2.24) is 15.1 Å². The van der Waals surface area contributed by atoms with Crippen LogP contribution in [-0.4, -0.2) is 21.1 Å². The van der Waals surface area contributed by atoms with Crippen LogP contribution in [0.5, 0.6) is 0 Å². The first-order valence-corrected chi connectivity index (χ1v) is 7.63. The Kier molecular flexibility index (Phi) is 4.42. The second-order valence-electron chi connectivity index (χ2n) is 4.74. The van der Waals surface area contributed by atoms with Gasteiger partial charge in [-0.15, -0.1) is 11.3 Å². The van der Waals surface area contributed by atoms with Crippen LogP contribution in [0.3, 0.4) is 0 Å². The molecule has 0 fully saturated rings. The maximum atomic E-state index is 13.2. The summed E-state index contributed by atoms with van der Waals surface area (Å²) in [5, 5.41) is 5.95. The van der Waals surface area contributed by atoms with Gasteiger partial charge in [0.05, 0.1) is 5.01 Å². The summed E-state index contributed by atoms with van der Waals surface area (Å²) in [6.07, 6.45) is 0.458. The number of halogens is 1. The van der Waals surface area contributed by atoms with E-state index in [2.05, 4.69) is 15.1 Å². The fourth-order valence-electron chi connectivity index (χ4n) is 1.91. The number of rotatable bonds is 5. The summed E-state index contributed by atoms with van der Waals surface area (Å²) in [6, 6.07) is 6.27. The van der Waals surface area contributed by atoms with Crippen molar-refractivity contribution < 1.29 is 18.4 Å². The normalized spacial score (nSPS) is 10.7. The summed E-state index contributed by atoms with van der Waals surface area (Å²) in [6.45, 7) is 1.57. The van der Waals surface area contributed by atoms with Gasteiger partial charge in [0.1, 0.15) is 5.82 Å². The van der Waals surface area contributed by atoms with E-state index in [1.54, 1.807) is 24.4 Å². The van der Waals surface area contributed by atoms with Crippen LogP contribution in [0, 0.1) is 12.7 Å². The number of carbonyl (C=O) groups excluding carboxylic acids is 1. The Hall–Kier alpha value is -2.61. The molecule has 0 bridgehead atoms. The van der Waals surface area contributed by atoms with E-state index in [-0.39, 0.29) is 18.1 Å². The average molecular weight is 333 g/mol. The molecule has 0 amide bonds. The van der Waals surface area contributed by atoms with Crippen LogP contribution in [0.15, 0.2) is 34.2 Å². The minimum absolute atomic E-state index is 0.0765. The zero-order valence-electron chi connectivity index (χ0n) is 12.2. The Morgan fingerprint density at radius 1 is 1.39 bits per heavy atom. The number of nitrogens with zero attached hydrogens (tertiary/aromatic N) is 3. The number of benzene rings is 1. The number of aromatic nitrogens is 3. The molecule has 118 valence electrons. The molecule has 2 heterocycles. The highest BCUT2D eigenvalue weighted by Crippen LogP contribution is 2.16. The predicted molar refractivity (Wildman–Crippen MR) is 79.5 cm³/mol. The van der Waals surface area contributed by atoms with Crippen LogP contribution in [0.2, 0.25) is 0 Å². The monoisotopic (exact) mass is 333 g/mol. The maximum Gasteiger partial charge on any atom is 0.358 e. The molecule has 0 N–H and O–H groups in total. The molecule has 0 aliphatic heterocycles. The molecule has 3 rings (SSSR count). The Morgan fingerprint density at radius 2 is 2.26 bits per heavy atom. The third-order valence-electron chi connectivity index (χ3n) is 2.91. The Morgan fingerprint density at radius 3 is 3.00 bits per heavy atom. The lowest BCUT2D eigenvalue weighted by atomic mass is 10.1. The minimum Gasteiger partial charge on any atom is -0.453 e. The first-order valence-electron chi connectivity index (χ1n) is 6.75. The van der Waals surface area contributed by atoms with E-state index < -0.39 is 5.97 Å². The van der Waals surface area contributed by atoms with Crippen molar-refractivity contribution in [2.45, 2.75) is 20.0 Å². The van der Waals surface area contributed by atoms with Gasteiger partial charge in [0.25, 0.3) is 0 Å². The molecule has 0 saturated carbocycles. The van der Waals surface area contributed by atoms with Crippen LogP contribution in [0.25, 0.3) is 0 Å². The van der Waals surface area contributed by atoms with Gasteiger partial charge in [0.15, 0.2) is 12.3 Å². The smallest absolute Gasteiger partial charge is 0.358 e. The predicted octanol–water partition coefficient (Wildman–Crippen LogP) is 2.92. The quantitative estimate of drug-likeness (QED) is 0.668. The summed E-state index contributed by atoms with van der Waals surface area (Å²) in [4.78, 5) is 20.1. The molecule has 6 nitrogen and oxygen atoms in total. The molecule has 2 aromatic heterocycles. The summed E-state index contributed by atoms with van der Waals surface area (Å²) in [7, 11) is 0. The summed E-state index contributed by atoms with van der Waals surface area (Å²) in [5.74, 6) is -0.156. The van der Waals surface area contributed by atoms with Gasteiger partial charge in [-0.25, -0.2) is 14.2 Å². The molecule has 0 spiro atoms. The van der Waals surface area contributed by atoms with Crippen molar-refractivity contribution in [2.75, 3.05) is 0 Å². The third kappa shape index (κ3) is 3.98. The maximum absolute atomic E-state index is 13.2. The second-order valence-corrected chi connectivity index (χ2v) is 5.68. The van der Waals surface area contributed by atoms with Crippen LogP contribution in [-0.2, 0) is 17.8 Å². The van der Waals surface area contributed by atoms with Gasteiger partial charge in [-0.05, 0) is 17.7 Å². The van der Waals surface area contributed by atoms with Gasteiger partial charge in [-0.1, -0.05) is 17.3 Å². The van der Waals surface area contributed by atoms with Crippen LogP contribution in [0.4, 0.5) is 4.39 Å². The van der Waals surface area contributed by atoms with E-state index in [1.807, 2.05) is 0 Å². The van der Waals surface area contributed by atoms with E-state index in [4.69, 9.17) is 9.26 Å². The highest BCUT2D eigenvalue weighted by Gasteiger charge is 2.14. The molecular formula is C15H12FN3O3S. The molecule has 8 heteroatoms. The number of esters is 1. The summed E-state index contributed by atoms with van der Waals surface area (Å²) < 4.78 is 23.0. The van der Waals surface area contributed by atoms with Gasteiger partial charge in [0, 0.05) is 18.7 Å². The zero-order valence-corrected chi connectivity index (χ0v) is 13.0. The molecule has 0 aliphatic carbocycles. The van der Waals surface area contributed by atoms with Gasteiger partial charge < -0.3 is 9.26 Å². The van der Waals surface area contributed by atoms with E-state index in [0.717, 1.165) is 5.56 Å². The molecule has 3 aromatic rings. The lowest BCUT2D eigenvalue weighted by Gasteiger charge is -1.99. The first kappa shape index (κ1) is 15.3. The van der Waals surface area contributed by atoms with Gasteiger partial charge in [-0.2, -0.15) is 4.98 Å². The number of thiazole rings is 1. The van der Waals surface area contributed by atoms with E-state index in [9.17, 15) is 9.18 Å². The van der Waals surface area contributed by atoms with Crippen LogP contribution in [0.1, 0.15) is 32.8 Å².